The van der Waals surface area contributed by atoms with Gasteiger partial charge in [-0.2, -0.15) is 5.10 Å². The molecule has 186 valence electrons. The molecular formula is C28H28F2N4O2. The Morgan fingerprint density at radius 3 is 2.53 bits per heavy atom. The molecule has 8 heteroatoms. The largest absolute Gasteiger partial charge is 0.486 e. The van der Waals surface area contributed by atoms with E-state index in [1.807, 2.05) is 45.8 Å². The lowest BCUT2D eigenvalue weighted by atomic mass is 10.1. The molecule has 0 saturated carbocycles. The second kappa shape index (κ2) is 9.50. The summed E-state index contributed by atoms with van der Waals surface area (Å²) in [4.78, 5) is 6.60. The summed E-state index contributed by atoms with van der Waals surface area (Å²) in [5, 5.41) is 4.79. The SMILES string of the molecule is FC1(F)CCN(CCCc2ccc(Cc3nc4cccc(-c5ccc6c(c5)OCCO6)n4n3)cc2)C1. The number of halogens is 2. The molecule has 0 amide bonds. The average molecular weight is 491 g/mol. The molecular weight excluding hydrogens is 462 g/mol. The zero-order valence-electron chi connectivity index (χ0n) is 20.0. The van der Waals surface area contributed by atoms with E-state index >= 15 is 0 Å². The van der Waals surface area contributed by atoms with E-state index in [4.69, 9.17) is 19.6 Å². The lowest BCUT2D eigenvalue weighted by Crippen LogP contribution is -2.26. The average Bonchev–Trinajstić information content (AvgIpc) is 3.46. The van der Waals surface area contributed by atoms with Gasteiger partial charge in [0.2, 0.25) is 0 Å². The Bertz CT molecular complexity index is 1370. The standard InChI is InChI=1S/C28H28F2N4O2/c29-28(30)12-14-33(19-28)13-2-3-20-6-8-21(9-7-20)17-26-31-27-5-1-4-23(34(27)32-26)22-10-11-24-25(18-22)36-16-15-35-24/h1,4-11,18H,2-3,12-17,19H2. The zero-order chi connectivity index (χ0) is 24.5. The Balaban J connectivity index is 1.12. The van der Waals surface area contributed by atoms with Crippen LogP contribution in [0.2, 0.25) is 0 Å². The Hall–Kier alpha value is -3.52. The van der Waals surface area contributed by atoms with Crippen molar-refractivity contribution in [1.29, 1.82) is 0 Å². The highest BCUT2D eigenvalue weighted by molar-refractivity contribution is 5.66. The molecule has 2 aliphatic rings. The molecule has 4 aromatic rings. The molecule has 0 aliphatic carbocycles. The predicted molar refractivity (Wildman–Crippen MR) is 133 cm³/mol. The lowest BCUT2D eigenvalue weighted by Gasteiger charge is -2.19. The topological polar surface area (TPSA) is 51.9 Å². The number of rotatable bonds is 7. The Morgan fingerprint density at radius 1 is 0.917 bits per heavy atom. The molecule has 0 radical (unpaired) electrons. The number of benzene rings is 2. The number of nitrogens with zero attached hydrogens (tertiary/aromatic N) is 4. The molecule has 0 atom stereocenters. The minimum atomic E-state index is -2.52. The van der Waals surface area contributed by atoms with Gasteiger partial charge in [-0.15, -0.1) is 0 Å². The molecule has 6 nitrogen and oxygen atoms in total. The third-order valence-electron chi connectivity index (χ3n) is 6.82. The van der Waals surface area contributed by atoms with Gasteiger partial charge in [-0.25, -0.2) is 18.3 Å². The van der Waals surface area contributed by atoms with Crippen LogP contribution in [0.15, 0.2) is 60.7 Å². The number of hydrogen-bond acceptors (Lipinski definition) is 5. The van der Waals surface area contributed by atoms with E-state index in [9.17, 15) is 8.78 Å². The first-order chi connectivity index (χ1) is 17.5. The van der Waals surface area contributed by atoms with Crippen LogP contribution < -0.4 is 9.47 Å². The van der Waals surface area contributed by atoms with Gasteiger partial charge in [0.25, 0.3) is 5.92 Å². The summed E-state index contributed by atoms with van der Waals surface area (Å²) >= 11 is 0. The highest BCUT2D eigenvalue weighted by atomic mass is 19.3. The van der Waals surface area contributed by atoms with Gasteiger partial charge in [-0.05, 0) is 60.8 Å². The van der Waals surface area contributed by atoms with Crippen LogP contribution in [0.5, 0.6) is 11.5 Å². The minimum Gasteiger partial charge on any atom is -0.486 e. The van der Waals surface area contributed by atoms with Crippen molar-refractivity contribution >= 4 is 5.65 Å². The maximum Gasteiger partial charge on any atom is 0.261 e. The third-order valence-corrected chi connectivity index (χ3v) is 6.82. The summed E-state index contributed by atoms with van der Waals surface area (Å²) < 4.78 is 39.9. The van der Waals surface area contributed by atoms with E-state index in [1.165, 1.54) is 5.56 Å². The summed E-state index contributed by atoms with van der Waals surface area (Å²) in [5.74, 6) is -0.257. The maximum absolute atomic E-state index is 13.3. The molecule has 1 saturated heterocycles. The van der Waals surface area contributed by atoms with Gasteiger partial charge in [0.1, 0.15) is 13.2 Å². The monoisotopic (exact) mass is 490 g/mol. The fourth-order valence-electron chi connectivity index (χ4n) is 4.96. The fraction of sp³-hybridized carbons (Fsp3) is 0.357. The molecule has 0 spiro atoms. The van der Waals surface area contributed by atoms with Crippen LogP contribution in [0.3, 0.4) is 0 Å². The maximum atomic E-state index is 13.3. The first-order valence-corrected chi connectivity index (χ1v) is 12.5. The van der Waals surface area contributed by atoms with Crippen molar-refractivity contribution in [3.8, 4) is 22.8 Å². The minimum absolute atomic E-state index is 0.0169. The number of fused-ring (bicyclic) bond motifs is 2. The molecule has 6 rings (SSSR count). The van der Waals surface area contributed by atoms with E-state index in [2.05, 4.69) is 24.3 Å². The number of ether oxygens (including phenoxy) is 2. The van der Waals surface area contributed by atoms with Gasteiger partial charge in [-0.3, -0.25) is 4.90 Å². The summed E-state index contributed by atoms with van der Waals surface area (Å²) in [6, 6.07) is 20.3. The van der Waals surface area contributed by atoms with Crippen LogP contribution in [-0.2, 0) is 12.8 Å². The number of hydrogen-bond donors (Lipinski definition) is 0. The second-order valence-corrected chi connectivity index (χ2v) is 9.55. The third kappa shape index (κ3) is 4.91. The Kier molecular flexibility index (Phi) is 6.05. The summed E-state index contributed by atoms with van der Waals surface area (Å²) in [6.45, 7) is 2.22. The van der Waals surface area contributed by atoms with E-state index in [1.54, 1.807) is 0 Å². The van der Waals surface area contributed by atoms with Gasteiger partial charge >= 0.3 is 0 Å². The first-order valence-electron chi connectivity index (χ1n) is 12.5. The van der Waals surface area contributed by atoms with Crippen molar-refractivity contribution < 1.29 is 18.3 Å². The highest BCUT2D eigenvalue weighted by Gasteiger charge is 2.37. The number of aryl methyl sites for hydroxylation is 1. The Morgan fingerprint density at radius 2 is 1.72 bits per heavy atom. The summed E-state index contributed by atoms with van der Waals surface area (Å²) in [6.07, 6.45) is 2.38. The molecule has 2 aromatic heterocycles. The zero-order valence-corrected chi connectivity index (χ0v) is 20.0. The number of pyridine rings is 1. The summed E-state index contributed by atoms with van der Waals surface area (Å²) in [7, 11) is 0. The first kappa shape index (κ1) is 22.9. The molecule has 4 heterocycles. The second-order valence-electron chi connectivity index (χ2n) is 9.55. The van der Waals surface area contributed by atoms with Crippen LogP contribution in [0.4, 0.5) is 8.78 Å². The molecule has 1 fully saturated rings. The van der Waals surface area contributed by atoms with Crippen molar-refractivity contribution in [2.24, 2.45) is 0 Å². The van der Waals surface area contributed by atoms with E-state index in [0.717, 1.165) is 52.6 Å². The van der Waals surface area contributed by atoms with Crippen LogP contribution in [0.25, 0.3) is 16.9 Å². The molecule has 2 aromatic carbocycles. The van der Waals surface area contributed by atoms with Gasteiger partial charge in [-0.1, -0.05) is 30.3 Å². The van der Waals surface area contributed by atoms with Crippen LogP contribution in [0.1, 0.15) is 29.8 Å². The van der Waals surface area contributed by atoms with Gasteiger partial charge in [0, 0.05) is 24.9 Å². The van der Waals surface area contributed by atoms with Gasteiger partial charge in [0.05, 0.1) is 12.2 Å². The summed E-state index contributed by atoms with van der Waals surface area (Å²) in [5.41, 5.74) is 5.07. The number of alkyl halides is 2. The quantitative estimate of drug-likeness (QED) is 0.364. The van der Waals surface area contributed by atoms with Crippen molar-refractivity contribution in [2.75, 3.05) is 32.8 Å². The van der Waals surface area contributed by atoms with Gasteiger partial charge in [0.15, 0.2) is 23.0 Å². The Labute approximate surface area is 208 Å². The number of aromatic nitrogens is 3. The van der Waals surface area contributed by atoms with E-state index < -0.39 is 5.92 Å². The van der Waals surface area contributed by atoms with Crippen LogP contribution >= 0.6 is 0 Å². The van der Waals surface area contributed by atoms with Crippen molar-refractivity contribution in [1.82, 2.24) is 19.5 Å². The van der Waals surface area contributed by atoms with Crippen molar-refractivity contribution in [2.45, 2.75) is 31.6 Å². The fourth-order valence-corrected chi connectivity index (χ4v) is 4.96. The van der Waals surface area contributed by atoms with Gasteiger partial charge < -0.3 is 9.47 Å². The number of likely N-dealkylation sites (tertiary alicyclic amines) is 1. The van der Waals surface area contributed by atoms with Crippen molar-refractivity contribution in [3.05, 3.63) is 77.6 Å². The molecule has 36 heavy (non-hydrogen) atoms. The normalized spacial score (nSPS) is 17.1. The highest BCUT2D eigenvalue weighted by Crippen LogP contribution is 2.34. The van der Waals surface area contributed by atoms with Crippen LogP contribution in [0, 0.1) is 0 Å². The molecule has 2 aliphatic heterocycles. The van der Waals surface area contributed by atoms with Crippen LogP contribution in [-0.4, -0.2) is 58.3 Å². The smallest absolute Gasteiger partial charge is 0.261 e. The predicted octanol–water partition coefficient (Wildman–Crippen LogP) is 5.03. The lowest BCUT2D eigenvalue weighted by molar-refractivity contribution is 0.0122. The van der Waals surface area contributed by atoms with E-state index in [0.29, 0.717) is 32.7 Å². The van der Waals surface area contributed by atoms with E-state index in [-0.39, 0.29) is 13.0 Å². The molecule has 0 N–H and O–H groups in total. The molecule has 0 bridgehead atoms. The molecule has 0 unspecified atom stereocenters. The van der Waals surface area contributed by atoms with Crippen molar-refractivity contribution in [3.63, 3.8) is 0 Å².